The van der Waals surface area contributed by atoms with Gasteiger partial charge in [0.25, 0.3) is 5.56 Å². The van der Waals surface area contributed by atoms with Gasteiger partial charge in [-0.3, -0.25) is 4.79 Å². The predicted octanol–water partition coefficient (Wildman–Crippen LogP) is 3.65. The molecule has 0 bridgehead atoms. The number of H-pyrrole nitrogens is 1. The van der Waals surface area contributed by atoms with Gasteiger partial charge in [-0.25, -0.2) is 4.98 Å². The Balaban J connectivity index is 2.11. The number of hydrogen-bond donors (Lipinski definition) is 1. The van der Waals surface area contributed by atoms with E-state index in [2.05, 4.69) is 16.0 Å². The third-order valence-corrected chi connectivity index (χ3v) is 3.72. The molecule has 5 nitrogen and oxygen atoms in total. The summed E-state index contributed by atoms with van der Waals surface area (Å²) < 4.78 is 5.11. The number of nitriles is 1. The fourth-order valence-corrected chi connectivity index (χ4v) is 2.38. The third-order valence-electron chi connectivity index (χ3n) is 3.47. The second-order valence-corrected chi connectivity index (χ2v) is 5.46. The van der Waals surface area contributed by atoms with Crippen LogP contribution >= 0.6 is 11.6 Å². The minimum Gasteiger partial charge on any atom is -0.497 e. The summed E-state index contributed by atoms with van der Waals surface area (Å²) in [5, 5.41) is 10.4. The molecule has 24 heavy (non-hydrogen) atoms. The minimum absolute atomic E-state index is 0.218. The summed E-state index contributed by atoms with van der Waals surface area (Å²) in [6.45, 7) is 0. The number of aromatic amines is 1. The molecule has 0 aliphatic rings. The SMILES string of the molecule is COc1ccc2nc(C(C#N)=Cc3ccc(Cl)cc3)[nH]c(=O)c2c1. The van der Waals surface area contributed by atoms with E-state index in [0.29, 0.717) is 21.7 Å². The van der Waals surface area contributed by atoms with Crippen molar-refractivity contribution in [3.05, 3.63) is 69.2 Å². The van der Waals surface area contributed by atoms with E-state index >= 15 is 0 Å². The molecule has 1 aromatic heterocycles. The molecule has 0 saturated carbocycles. The van der Waals surface area contributed by atoms with E-state index in [1.165, 1.54) is 7.11 Å². The molecule has 1 heterocycles. The number of nitrogens with one attached hydrogen (secondary N) is 1. The molecule has 2 aromatic carbocycles. The highest BCUT2D eigenvalue weighted by Crippen LogP contribution is 2.20. The molecule has 6 heteroatoms. The van der Waals surface area contributed by atoms with Crippen LogP contribution in [0.2, 0.25) is 5.02 Å². The van der Waals surface area contributed by atoms with Crippen LogP contribution in [-0.2, 0) is 0 Å². The quantitative estimate of drug-likeness (QED) is 0.740. The number of benzene rings is 2. The average molecular weight is 338 g/mol. The number of hydrogen-bond acceptors (Lipinski definition) is 4. The van der Waals surface area contributed by atoms with Crippen molar-refractivity contribution in [2.45, 2.75) is 0 Å². The number of fused-ring (bicyclic) bond motifs is 1. The molecule has 0 aliphatic heterocycles. The van der Waals surface area contributed by atoms with Crippen molar-refractivity contribution < 1.29 is 4.74 Å². The van der Waals surface area contributed by atoms with Gasteiger partial charge in [-0.05, 0) is 42.0 Å². The Morgan fingerprint density at radius 3 is 2.71 bits per heavy atom. The largest absolute Gasteiger partial charge is 0.497 e. The molecule has 3 aromatic rings. The first-order chi connectivity index (χ1) is 11.6. The molecule has 0 unspecified atom stereocenters. The zero-order chi connectivity index (χ0) is 17.1. The summed E-state index contributed by atoms with van der Waals surface area (Å²) in [4.78, 5) is 19.3. The molecule has 3 rings (SSSR count). The molecule has 0 radical (unpaired) electrons. The van der Waals surface area contributed by atoms with Gasteiger partial charge in [-0.1, -0.05) is 23.7 Å². The highest BCUT2D eigenvalue weighted by Gasteiger charge is 2.09. The second-order valence-electron chi connectivity index (χ2n) is 5.02. The topological polar surface area (TPSA) is 78.8 Å². The first-order valence-electron chi connectivity index (χ1n) is 7.06. The number of rotatable bonds is 3. The number of aromatic nitrogens is 2. The Bertz CT molecular complexity index is 1030. The lowest BCUT2D eigenvalue weighted by molar-refractivity contribution is 0.415. The van der Waals surface area contributed by atoms with Gasteiger partial charge in [0.05, 0.1) is 23.6 Å². The lowest BCUT2D eigenvalue weighted by atomic mass is 10.1. The van der Waals surface area contributed by atoms with Crippen molar-refractivity contribution in [2.75, 3.05) is 7.11 Å². The lowest BCUT2D eigenvalue weighted by Gasteiger charge is -2.04. The van der Waals surface area contributed by atoms with Gasteiger partial charge in [0, 0.05) is 5.02 Å². The van der Waals surface area contributed by atoms with Crippen molar-refractivity contribution in [1.82, 2.24) is 9.97 Å². The van der Waals surface area contributed by atoms with Crippen molar-refractivity contribution in [3.8, 4) is 11.8 Å². The Morgan fingerprint density at radius 2 is 2.04 bits per heavy atom. The lowest BCUT2D eigenvalue weighted by Crippen LogP contribution is -2.11. The van der Waals surface area contributed by atoms with Gasteiger partial charge in [-0.15, -0.1) is 0 Å². The van der Waals surface area contributed by atoms with Crippen LogP contribution in [0.3, 0.4) is 0 Å². The molecule has 0 saturated heterocycles. The molecular weight excluding hydrogens is 326 g/mol. The van der Waals surface area contributed by atoms with E-state index in [1.54, 1.807) is 48.5 Å². The van der Waals surface area contributed by atoms with Crippen molar-refractivity contribution in [3.63, 3.8) is 0 Å². The molecule has 118 valence electrons. The summed E-state index contributed by atoms with van der Waals surface area (Å²) in [5.41, 5.74) is 1.21. The van der Waals surface area contributed by atoms with E-state index in [0.717, 1.165) is 5.56 Å². The maximum atomic E-state index is 12.3. The van der Waals surface area contributed by atoms with E-state index < -0.39 is 0 Å². The average Bonchev–Trinajstić information content (AvgIpc) is 2.61. The Morgan fingerprint density at radius 1 is 1.29 bits per heavy atom. The van der Waals surface area contributed by atoms with Gasteiger partial charge in [-0.2, -0.15) is 5.26 Å². The standard InChI is InChI=1S/C18H12ClN3O2/c1-24-14-6-7-16-15(9-14)18(23)22-17(21-16)12(10-20)8-11-2-4-13(19)5-3-11/h2-9H,1H3,(H,21,22,23). The third kappa shape index (κ3) is 3.14. The smallest absolute Gasteiger partial charge is 0.259 e. The number of methoxy groups -OCH3 is 1. The van der Waals surface area contributed by atoms with E-state index in [-0.39, 0.29) is 17.0 Å². The number of nitrogens with zero attached hydrogens (tertiary/aromatic N) is 2. The fraction of sp³-hybridized carbons (Fsp3) is 0.0556. The van der Waals surface area contributed by atoms with Gasteiger partial charge in [0.15, 0.2) is 5.82 Å². The van der Waals surface area contributed by atoms with E-state index in [9.17, 15) is 10.1 Å². The Labute approximate surface area is 142 Å². The van der Waals surface area contributed by atoms with Crippen molar-refractivity contribution in [2.24, 2.45) is 0 Å². The maximum absolute atomic E-state index is 12.3. The van der Waals surface area contributed by atoms with Crippen LogP contribution in [0.5, 0.6) is 5.75 Å². The van der Waals surface area contributed by atoms with Crippen LogP contribution < -0.4 is 10.3 Å². The van der Waals surface area contributed by atoms with Crippen molar-refractivity contribution >= 4 is 34.2 Å². The molecule has 0 amide bonds. The highest BCUT2D eigenvalue weighted by atomic mass is 35.5. The van der Waals surface area contributed by atoms with Crippen LogP contribution in [-0.4, -0.2) is 17.1 Å². The zero-order valence-corrected chi connectivity index (χ0v) is 13.5. The monoisotopic (exact) mass is 337 g/mol. The molecule has 0 fully saturated rings. The summed E-state index contributed by atoms with van der Waals surface area (Å²) in [5.74, 6) is 0.787. The summed E-state index contributed by atoms with van der Waals surface area (Å²) in [6.07, 6.45) is 1.64. The maximum Gasteiger partial charge on any atom is 0.259 e. The fourth-order valence-electron chi connectivity index (χ4n) is 2.25. The van der Waals surface area contributed by atoms with Crippen LogP contribution in [0.4, 0.5) is 0 Å². The Hall–Kier alpha value is -3.10. The second kappa shape index (κ2) is 6.57. The molecule has 0 spiro atoms. The van der Waals surface area contributed by atoms with Crippen LogP contribution in [0, 0.1) is 11.3 Å². The van der Waals surface area contributed by atoms with E-state index in [1.807, 2.05) is 0 Å². The zero-order valence-electron chi connectivity index (χ0n) is 12.7. The molecule has 0 atom stereocenters. The Kier molecular flexibility index (Phi) is 4.32. The van der Waals surface area contributed by atoms with Crippen LogP contribution in [0.1, 0.15) is 11.4 Å². The van der Waals surface area contributed by atoms with E-state index in [4.69, 9.17) is 16.3 Å². The minimum atomic E-state index is -0.328. The summed E-state index contributed by atoms with van der Waals surface area (Å²) in [7, 11) is 1.53. The number of ether oxygens (including phenoxy) is 1. The predicted molar refractivity (Wildman–Crippen MR) is 93.9 cm³/mol. The van der Waals surface area contributed by atoms with Crippen molar-refractivity contribution in [1.29, 1.82) is 5.26 Å². The van der Waals surface area contributed by atoms with Crippen LogP contribution in [0.25, 0.3) is 22.6 Å². The first kappa shape index (κ1) is 15.8. The van der Waals surface area contributed by atoms with Gasteiger partial charge < -0.3 is 9.72 Å². The molecule has 0 aliphatic carbocycles. The van der Waals surface area contributed by atoms with Gasteiger partial charge >= 0.3 is 0 Å². The normalized spacial score (nSPS) is 11.3. The van der Waals surface area contributed by atoms with Crippen LogP contribution in [0.15, 0.2) is 47.3 Å². The molecule has 1 N–H and O–H groups in total. The highest BCUT2D eigenvalue weighted by molar-refractivity contribution is 6.30. The summed E-state index contributed by atoms with van der Waals surface area (Å²) >= 11 is 5.85. The first-order valence-corrected chi connectivity index (χ1v) is 7.44. The number of allylic oxidation sites excluding steroid dienone is 1. The molecular formula is C18H12ClN3O2. The van der Waals surface area contributed by atoms with Gasteiger partial charge in [0.1, 0.15) is 11.8 Å². The van der Waals surface area contributed by atoms with Gasteiger partial charge in [0.2, 0.25) is 0 Å². The summed E-state index contributed by atoms with van der Waals surface area (Å²) in [6, 6.07) is 14.1. The number of halogens is 1.